The molecule has 0 saturated carbocycles. The fourth-order valence-electron chi connectivity index (χ4n) is 1.01. The number of nitrogens with one attached hydrogen (secondary N) is 1. The van der Waals surface area contributed by atoms with E-state index in [1.807, 2.05) is 13.8 Å². The molecule has 0 aromatic rings. The van der Waals surface area contributed by atoms with E-state index in [-0.39, 0.29) is 5.75 Å². The Labute approximate surface area is 103 Å². The predicted octanol–water partition coefficient (Wildman–Crippen LogP) is 1.05. The van der Waals surface area contributed by atoms with Gasteiger partial charge in [0.15, 0.2) is 0 Å². The first-order valence-corrected chi connectivity index (χ1v) is 8.46. The molecule has 0 bridgehead atoms. The summed E-state index contributed by atoms with van der Waals surface area (Å²) in [6.45, 7) is 4.69. The van der Waals surface area contributed by atoms with E-state index < -0.39 is 15.4 Å². The maximum absolute atomic E-state index is 10.9. The van der Waals surface area contributed by atoms with Gasteiger partial charge in [0, 0.05) is 17.8 Å². The average Bonchev–Trinajstić information content (AvgIpc) is 2.20. The molecule has 0 aliphatic carbocycles. The van der Waals surface area contributed by atoms with E-state index in [0.29, 0.717) is 11.5 Å². The highest BCUT2D eigenvalue weighted by Crippen LogP contribution is 2.12. The highest BCUT2D eigenvalue weighted by atomic mass is 32.2. The van der Waals surface area contributed by atoms with Crippen LogP contribution in [0.2, 0.25) is 0 Å². The molecule has 0 aromatic carbocycles. The molecule has 94 valence electrons. The molecule has 4 nitrogen and oxygen atoms in total. The minimum absolute atomic E-state index is 0.174. The molecule has 0 rings (SSSR count). The van der Waals surface area contributed by atoms with E-state index in [4.69, 9.17) is 5.26 Å². The Kier molecular flexibility index (Phi) is 7.04. The Morgan fingerprint density at radius 1 is 1.50 bits per heavy atom. The van der Waals surface area contributed by atoms with Gasteiger partial charge in [-0.2, -0.15) is 17.0 Å². The maximum atomic E-state index is 10.9. The first kappa shape index (κ1) is 15.8. The van der Waals surface area contributed by atoms with Gasteiger partial charge in [-0.15, -0.1) is 0 Å². The second kappa shape index (κ2) is 7.15. The van der Waals surface area contributed by atoms with Crippen molar-refractivity contribution in [2.45, 2.75) is 25.8 Å². The Hall–Kier alpha value is -0.250. The SMILES string of the molecule is CCCNC(C)(C#N)CSCCS(C)(=O)=O. The summed E-state index contributed by atoms with van der Waals surface area (Å²) in [5.74, 6) is 1.33. The summed E-state index contributed by atoms with van der Waals surface area (Å²) in [6.07, 6.45) is 2.21. The molecule has 0 fully saturated rings. The van der Waals surface area contributed by atoms with Crippen molar-refractivity contribution in [3.05, 3.63) is 0 Å². The Morgan fingerprint density at radius 2 is 2.12 bits per heavy atom. The number of nitriles is 1. The smallest absolute Gasteiger partial charge is 0.148 e. The van der Waals surface area contributed by atoms with E-state index >= 15 is 0 Å². The van der Waals surface area contributed by atoms with E-state index in [1.54, 1.807) is 0 Å². The third-order valence-electron chi connectivity index (χ3n) is 2.00. The van der Waals surface area contributed by atoms with Crippen LogP contribution in [0.15, 0.2) is 0 Å². The number of thioether (sulfide) groups is 1. The molecule has 1 N–H and O–H groups in total. The molecule has 0 amide bonds. The van der Waals surface area contributed by atoms with Crippen molar-refractivity contribution in [2.24, 2.45) is 0 Å². The van der Waals surface area contributed by atoms with E-state index in [0.717, 1.165) is 13.0 Å². The highest BCUT2D eigenvalue weighted by Gasteiger charge is 2.22. The number of sulfone groups is 1. The fourth-order valence-corrected chi connectivity index (χ4v) is 3.41. The molecule has 6 heteroatoms. The van der Waals surface area contributed by atoms with Gasteiger partial charge in [0.05, 0.1) is 11.8 Å². The average molecular weight is 264 g/mol. The molecule has 16 heavy (non-hydrogen) atoms. The fraction of sp³-hybridized carbons (Fsp3) is 0.900. The van der Waals surface area contributed by atoms with Crippen LogP contribution in [0.5, 0.6) is 0 Å². The maximum Gasteiger partial charge on any atom is 0.148 e. The molecule has 0 heterocycles. The summed E-state index contributed by atoms with van der Waals surface area (Å²) in [5, 5.41) is 12.2. The van der Waals surface area contributed by atoms with Crippen LogP contribution in [-0.4, -0.2) is 44.0 Å². The van der Waals surface area contributed by atoms with Gasteiger partial charge in [0.2, 0.25) is 0 Å². The number of hydrogen-bond donors (Lipinski definition) is 1. The van der Waals surface area contributed by atoms with Gasteiger partial charge >= 0.3 is 0 Å². The van der Waals surface area contributed by atoms with Crippen molar-refractivity contribution in [2.75, 3.05) is 30.1 Å². The third-order valence-corrected chi connectivity index (χ3v) is 4.48. The largest absolute Gasteiger partial charge is 0.299 e. The van der Waals surface area contributed by atoms with Crippen LogP contribution in [-0.2, 0) is 9.84 Å². The third kappa shape index (κ3) is 7.97. The van der Waals surface area contributed by atoms with Gasteiger partial charge in [-0.05, 0) is 19.9 Å². The minimum Gasteiger partial charge on any atom is -0.299 e. The summed E-state index contributed by atoms with van der Waals surface area (Å²) >= 11 is 1.50. The second-order valence-electron chi connectivity index (χ2n) is 4.05. The lowest BCUT2D eigenvalue weighted by Crippen LogP contribution is -2.43. The Bertz CT molecular complexity index is 335. The van der Waals surface area contributed by atoms with Gasteiger partial charge < -0.3 is 0 Å². The van der Waals surface area contributed by atoms with Crippen LogP contribution in [0, 0.1) is 11.3 Å². The second-order valence-corrected chi connectivity index (χ2v) is 7.42. The standard InChI is InChI=1S/C10H20N2O2S2/c1-4-5-12-10(2,8-11)9-15-6-7-16(3,13)14/h12H,4-7,9H2,1-3H3. The highest BCUT2D eigenvalue weighted by molar-refractivity contribution is 8.00. The normalized spacial score (nSPS) is 15.4. The Morgan fingerprint density at radius 3 is 2.56 bits per heavy atom. The van der Waals surface area contributed by atoms with Crippen LogP contribution in [0.4, 0.5) is 0 Å². The van der Waals surface area contributed by atoms with Gasteiger partial charge in [-0.25, -0.2) is 8.42 Å². The van der Waals surface area contributed by atoms with Crippen molar-refractivity contribution < 1.29 is 8.42 Å². The van der Waals surface area contributed by atoms with Crippen molar-refractivity contribution in [1.29, 1.82) is 5.26 Å². The van der Waals surface area contributed by atoms with Crippen LogP contribution in [0.25, 0.3) is 0 Å². The number of hydrogen-bond acceptors (Lipinski definition) is 5. The molecular formula is C10H20N2O2S2. The summed E-state index contributed by atoms with van der Waals surface area (Å²) in [6, 6.07) is 2.23. The number of rotatable bonds is 8. The van der Waals surface area contributed by atoms with E-state index in [2.05, 4.69) is 11.4 Å². The van der Waals surface area contributed by atoms with Gasteiger partial charge in [0.1, 0.15) is 15.4 Å². The lowest BCUT2D eigenvalue weighted by Gasteiger charge is -2.22. The predicted molar refractivity (Wildman–Crippen MR) is 69.3 cm³/mol. The lowest BCUT2D eigenvalue weighted by molar-refractivity contribution is 0.493. The molecule has 0 radical (unpaired) electrons. The van der Waals surface area contributed by atoms with Crippen LogP contribution in [0.1, 0.15) is 20.3 Å². The van der Waals surface area contributed by atoms with Crippen molar-refractivity contribution >= 4 is 21.6 Å². The zero-order valence-electron chi connectivity index (χ0n) is 10.1. The quantitative estimate of drug-likeness (QED) is 0.664. The summed E-state index contributed by atoms with van der Waals surface area (Å²) in [7, 11) is -2.89. The van der Waals surface area contributed by atoms with Crippen molar-refractivity contribution in [3.63, 3.8) is 0 Å². The van der Waals surface area contributed by atoms with Crippen LogP contribution < -0.4 is 5.32 Å². The van der Waals surface area contributed by atoms with Gasteiger partial charge in [-0.1, -0.05) is 6.92 Å². The monoisotopic (exact) mass is 264 g/mol. The number of nitrogens with zero attached hydrogens (tertiary/aromatic N) is 1. The van der Waals surface area contributed by atoms with Crippen molar-refractivity contribution in [3.8, 4) is 6.07 Å². The van der Waals surface area contributed by atoms with Crippen LogP contribution in [0.3, 0.4) is 0 Å². The van der Waals surface area contributed by atoms with Gasteiger partial charge in [-0.3, -0.25) is 5.32 Å². The molecule has 0 aliphatic rings. The van der Waals surface area contributed by atoms with Crippen LogP contribution >= 0.6 is 11.8 Å². The van der Waals surface area contributed by atoms with E-state index in [9.17, 15) is 8.42 Å². The molecule has 1 atom stereocenters. The lowest BCUT2D eigenvalue weighted by atomic mass is 10.1. The van der Waals surface area contributed by atoms with Crippen molar-refractivity contribution in [1.82, 2.24) is 5.32 Å². The van der Waals surface area contributed by atoms with E-state index in [1.165, 1.54) is 18.0 Å². The summed E-state index contributed by atoms with van der Waals surface area (Å²) < 4.78 is 21.8. The molecule has 0 aliphatic heterocycles. The molecule has 0 spiro atoms. The summed E-state index contributed by atoms with van der Waals surface area (Å²) in [5.41, 5.74) is -0.557. The zero-order valence-corrected chi connectivity index (χ0v) is 11.7. The first-order chi connectivity index (χ1) is 7.33. The molecule has 0 aromatic heterocycles. The minimum atomic E-state index is -2.89. The zero-order chi connectivity index (χ0) is 12.7. The molecule has 1 unspecified atom stereocenters. The molecular weight excluding hydrogens is 244 g/mol. The Balaban J connectivity index is 3.92. The van der Waals surface area contributed by atoms with Gasteiger partial charge in [0.25, 0.3) is 0 Å². The topological polar surface area (TPSA) is 70.0 Å². The first-order valence-electron chi connectivity index (χ1n) is 5.25. The summed E-state index contributed by atoms with van der Waals surface area (Å²) in [4.78, 5) is 0. The molecule has 0 saturated heterocycles.